The molecular weight excluding hydrogens is 318 g/mol. The Bertz CT molecular complexity index is 710. The first-order chi connectivity index (χ1) is 12.2. The first-order valence-corrected chi connectivity index (χ1v) is 8.63. The molecule has 1 N–H and O–H groups in total. The van der Waals surface area contributed by atoms with Crippen LogP contribution in [0.5, 0.6) is 0 Å². The van der Waals surface area contributed by atoms with Crippen LogP contribution in [0.2, 0.25) is 0 Å². The van der Waals surface area contributed by atoms with Crippen LogP contribution in [0.4, 0.5) is 0 Å². The molecular formula is C18H23N5O2. The molecule has 1 unspecified atom stereocenters. The molecule has 0 saturated carbocycles. The van der Waals surface area contributed by atoms with Crippen LogP contribution in [0, 0.1) is 11.3 Å². The van der Waals surface area contributed by atoms with Gasteiger partial charge in [-0.1, -0.05) is 6.92 Å². The molecule has 2 heterocycles. The Labute approximate surface area is 147 Å². The molecule has 1 atom stereocenters. The zero-order valence-electron chi connectivity index (χ0n) is 14.4. The first-order valence-electron chi connectivity index (χ1n) is 8.63. The van der Waals surface area contributed by atoms with Gasteiger partial charge in [0.15, 0.2) is 0 Å². The lowest BCUT2D eigenvalue weighted by Gasteiger charge is -2.37. The highest BCUT2D eigenvalue weighted by Crippen LogP contribution is 2.19. The van der Waals surface area contributed by atoms with Crippen molar-refractivity contribution in [2.45, 2.75) is 25.9 Å². The van der Waals surface area contributed by atoms with Gasteiger partial charge in [-0.3, -0.25) is 9.80 Å². The molecule has 25 heavy (non-hydrogen) atoms. The van der Waals surface area contributed by atoms with Crippen molar-refractivity contribution >= 4 is 0 Å². The summed E-state index contributed by atoms with van der Waals surface area (Å²) in [5.74, 6) is 1.08. The van der Waals surface area contributed by atoms with E-state index in [0.29, 0.717) is 23.9 Å². The zero-order valence-corrected chi connectivity index (χ0v) is 14.4. The number of aromatic nitrogens is 2. The smallest absolute Gasteiger partial charge is 0.247 e. The minimum Gasteiger partial charge on any atom is -0.419 e. The summed E-state index contributed by atoms with van der Waals surface area (Å²) in [5, 5.41) is 26.5. The predicted octanol–water partition coefficient (Wildman–Crippen LogP) is 1.50. The molecule has 0 bridgehead atoms. The SMILES string of the molecule is CCC(CO)N1CCN(Cc2nnc(-c3ccc(C#N)cc3)o2)CC1. The van der Waals surface area contributed by atoms with E-state index in [1.54, 1.807) is 12.1 Å². The summed E-state index contributed by atoms with van der Waals surface area (Å²) in [5.41, 5.74) is 1.42. The van der Waals surface area contributed by atoms with Gasteiger partial charge >= 0.3 is 0 Å². The lowest BCUT2D eigenvalue weighted by molar-refractivity contribution is 0.0577. The molecule has 1 aromatic heterocycles. The molecule has 1 fully saturated rings. The number of rotatable bonds is 6. The second kappa shape index (κ2) is 8.21. The summed E-state index contributed by atoms with van der Waals surface area (Å²) < 4.78 is 5.76. The third-order valence-corrected chi connectivity index (χ3v) is 4.69. The minimum absolute atomic E-state index is 0.216. The second-order valence-corrected chi connectivity index (χ2v) is 6.25. The maximum absolute atomic E-state index is 9.42. The molecule has 3 rings (SSSR count). The van der Waals surface area contributed by atoms with Gasteiger partial charge in [-0.05, 0) is 30.7 Å². The molecule has 1 saturated heterocycles. The van der Waals surface area contributed by atoms with Crippen LogP contribution >= 0.6 is 0 Å². The molecule has 0 radical (unpaired) electrons. The van der Waals surface area contributed by atoms with Crippen molar-refractivity contribution in [3.05, 3.63) is 35.7 Å². The molecule has 7 nitrogen and oxygen atoms in total. The van der Waals surface area contributed by atoms with E-state index in [-0.39, 0.29) is 12.6 Å². The van der Waals surface area contributed by atoms with Gasteiger partial charge in [0.05, 0.1) is 24.8 Å². The van der Waals surface area contributed by atoms with E-state index in [0.717, 1.165) is 38.2 Å². The summed E-state index contributed by atoms with van der Waals surface area (Å²) in [6.45, 7) is 6.68. The quantitative estimate of drug-likeness (QED) is 0.851. The summed E-state index contributed by atoms with van der Waals surface area (Å²) >= 11 is 0. The number of nitriles is 1. The topological polar surface area (TPSA) is 89.4 Å². The summed E-state index contributed by atoms with van der Waals surface area (Å²) in [7, 11) is 0. The van der Waals surface area contributed by atoms with Gasteiger partial charge in [-0.25, -0.2) is 0 Å². The van der Waals surface area contributed by atoms with Crippen molar-refractivity contribution < 1.29 is 9.52 Å². The third-order valence-electron chi connectivity index (χ3n) is 4.69. The Morgan fingerprint density at radius 1 is 1.20 bits per heavy atom. The standard InChI is InChI=1S/C18H23N5O2/c1-2-16(13-24)23-9-7-22(8-10-23)12-17-20-21-18(25-17)15-5-3-14(11-19)4-6-15/h3-6,16,24H,2,7-10,12-13H2,1H3. The average molecular weight is 341 g/mol. The molecule has 7 heteroatoms. The van der Waals surface area contributed by atoms with Crippen LogP contribution in [0.3, 0.4) is 0 Å². The molecule has 0 amide bonds. The number of hydrogen-bond donors (Lipinski definition) is 1. The van der Waals surface area contributed by atoms with E-state index in [2.05, 4.69) is 33.0 Å². The van der Waals surface area contributed by atoms with Crippen molar-refractivity contribution in [3.63, 3.8) is 0 Å². The molecule has 132 valence electrons. The van der Waals surface area contributed by atoms with E-state index in [1.165, 1.54) is 0 Å². The van der Waals surface area contributed by atoms with Gasteiger partial charge < -0.3 is 9.52 Å². The average Bonchev–Trinajstić information content (AvgIpc) is 3.12. The fourth-order valence-electron chi connectivity index (χ4n) is 3.10. The predicted molar refractivity (Wildman–Crippen MR) is 92.5 cm³/mol. The number of benzene rings is 1. The highest BCUT2D eigenvalue weighted by molar-refractivity contribution is 5.54. The Kier molecular flexibility index (Phi) is 5.76. The van der Waals surface area contributed by atoms with Crippen LogP contribution in [-0.2, 0) is 6.54 Å². The summed E-state index contributed by atoms with van der Waals surface area (Å²) in [6, 6.07) is 9.46. The Morgan fingerprint density at radius 2 is 1.92 bits per heavy atom. The first kappa shape index (κ1) is 17.5. The number of hydrogen-bond acceptors (Lipinski definition) is 7. The fourth-order valence-corrected chi connectivity index (χ4v) is 3.10. The van der Waals surface area contributed by atoms with Crippen molar-refractivity contribution in [1.29, 1.82) is 5.26 Å². The molecule has 2 aromatic rings. The second-order valence-electron chi connectivity index (χ2n) is 6.25. The van der Waals surface area contributed by atoms with Gasteiger partial charge in [0, 0.05) is 37.8 Å². The molecule has 0 spiro atoms. The fraction of sp³-hybridized carbons (Fsp3) is 0.500. The van der Waals surface area contributed by atoms with E-state index >= 15 is 0 Å². The summed E-state index contributed by atoms with van der Waals surface area (Å²) in [4.78, 5) is 4.63. The van der Waals surface area contributed by atoms with E-state index in [9.17, 15) is 5.11 Å². The maximum atomic E-state index is 9.42. The van der Waals surface area contributed by atoms with E-state index in [1.807, 2.05) is 12.1 Å². The normalized spacial score (nSPS) is 17.3. The highest BCUT2D eigenvalue weighted by atomic mass is 16.4. The van der Waals surface area contributed by atoms with Crippen LogP contribution < -0.4 is 0 Å². The maximum Gasteiger partial charge on any atom is 0.247 e. The Morgan fingerprint density at radius 3 is 2.52 bits per heavy atom. The van der Waals surface area contributed by atoms with Crippen LogP contribution in [0.15, 0.2) is 28.7 Å². The molecule has 1 aliphatic heterocycles. The monoisotopic (exact) mass is 341 g/mol. The van der Waals surface area contributed by atoms with Crippen molar-refractivity contribution in [3.8, 4) is 17.5 Å². The van der Waals surface area contributed by atoms with Gasteiger partial charge in [0.1, 0.15) is 0 Å². The number of nitrogens with zero attached hydrogens (tertiary/aromatic N) is 5. The van der Waals surface area contributed by atoms with Gasteiger partial charge in [0.2, 0.25) is 11.8 Å². The third kappa shape index (κ3) is 4.23. The Balaban J connectivity index is 1.56. The number of piperazine rings is 1. The van der Waals surface area contributed by atoms with Crippen LogP contribution in [0.1, 0.15) is 24.8 Å². The van der Waals surface area contributed by atoms with Gasteiger partial charge in [0.25, 0.3) is 0 Å². The highest BCUT2D eigenvalue weighted by Gasteiger charge is 2.23. The number of aliphatic hydroxyl groups is 1. The van der Waals surface area contributed by atoms with Crippen LogP contribution in [0.25, 0.3) is 11.5 Å². The van der Waals surface area contributed by atoms with Crippen molar-refractivity contribution in [2.75, 3.05) is 32.8 Å². The van der Waals surface area contributed by atoms with Crippen molar-refractivity contribution in [1.82, 2.24) is 20.0 Å². The Hall–Kier alpha value is -2.27. The van der Waals surface area contributed by atoms with Crippen LogP contribution in [-0.4, -0.2) is 63.9 Å². The molecule has 0 aliphatic carbocycles. The van der Waals surface area contributed by atoms with E-state index in [4.69, 9.17) is 9.68 Å². The van der Waals surface area contributed by atoms with E-state index < -0.39 is 0 Å². The van der Waals surface area contributed by atoms with Gasteiger partial charge in [-0.2, -0.15) is 5.26 Å². The minimum atomic E-state index is 0.216. The van der Waals surface area contributed by atoms with Gasteiger partial charge in [-0.15, -0.1) is 10.2 Å². The molecule has 1 aliphatic rings. The largest absolute Gasteiger partial charge is 0.419 e. The molecule has 1 aromatic carbocycles. The van der Waals surface area contributed by atoms with Crippen molar-refractivity contribution in [2.24, 2.45) is 0 Å². The lowest BCUT2D eigenvalue weighted by Crippen LogP contribution is -2.50. The summed E-state index contributed by atoms with van der Waals surface area (Å²) in [6.07, 6.45) is 0.966. The lowest BCUT2D eigenvalue weighted by atomic mass is 10.1. The zero-order chi connectivity index (χ0) is 17.6. The number of aliphatic hydroxyl groups excluding tert-OH is 1.